The maximum Gasteiger partial charge on any atom is 0.0532 e. The Labute approximate surface area is 164 Å². The van der Waals surface area contributed by atoms with E-state index in [4.69, 9.17) is 0 Å². The van der Waals surface area contributed by atoms with Crippen molar-refractivity contribution in [1.29, 1.82) is 0 Å². The van der Waals surface area contributed by atoms with E-state index in [0.29, 0.717) is 0 Å². The molecular weight excluding hydrogens is 326 g/mol. The van der Waals surface area contributed by atoms with Gasteiger partial charge in [0.05, 0.1) is 11.0 Å². The van der Waals surface area contributed by atoms with Crippen LogP contribution in [0.1, 0.15) is 78.6 Å². The summed E-state index contributed by atoms with van der Waals surface area (Å²) in [5.74, 6) is 0. The van der Waals surface area contributed by atoms with Crippen LogP contribution in [0, 0.1) is 41.5 Å². The molecule has 27 heavy (non-hydrogen) atoms. The smallest absolute Gasteiger partial charge is 0.0532 e. The summed E-state index contributed by atoms with van der Waals surface area (Å²) in [4.78, 5) is 0. The average Bonchev–Trinajstić information content (AvgIpc) is 2.83. The normalized spacial score (nSPS) is 17.9. The lowest BCUT2D eigenvalue weighted by Crippen LogP contribution is -2.33. The molecule has 0 unspecified atom stereocenters. The highest BCUT2D eigenvalue weighted by atomic mass is 15.0. The van der Waals surface area contributed by atoms with Gasteiger partial charge in [-0.15, -0.1) is 0 Å². The van der Waals surface area contributed by atoms with E-state index in [1.807, 2.05) is 0 Å². The Morgan fingerprint density at radius 2 is 0.889 bits per heavy atom. The van der Waals surface area contributed by atoms with Gasteiger partial charge in [-0.3, -0.25) is 0 Å². The largest absolute Gasteiger partial charge is 0.343 e. The summed E-state index contributed by atoms with van der Waals surface area (Å²) in [5, 5.41) is 3.00. The molecule has 144 valence electrons. The van der Waals surface area contributed by atoms with E-state index in [-0.39, 0.29) is 10.8 Å². The van der Waals surface area contributed by atoms with Gasteiger partial charge in [-0.1, -0.05) is 27.7 Å². The third kappa shape index (κ3) is 2.06. The van der Waals surface area contributed by atoms with Crippen LogP contribution in [0.25, 0.3) is 21.8 Å². The molecule has 0 saturated carbocycles. The fourth-order valence-electron chi connectivity index (χ4n) is 6.61. The predicted octanol–water partition coefficient (Wildman–Crippen LogP) is 7.14. The van der Waals surface area contributed by atoms with Crippen LogP contribution in [0.15, 0.2) is 0 Å². The Morgan fingerprint density at radius 3 is 1.22 bits per heavy atom. The van der Waals surface area contributed by atoms with Gasteiger partial charge in [0.1, 0.15) is 0 Å². The molecule has 0 fully saturated rings. The number of hydrogen-bond acceptors (Lipinski definition) is 0. The predicted molar refractivity (Wildman–Crippen MR) is 120 cm³/mol. The zero-order chi connectivity index (χ0) is 20.2. The number of aryl methyl sites for hydroxylation is 3. The van der Waals surface area contributed by atoms with Crippen molar-refractivity contribution in [2.75, 3.05) is 0 Å². The first kappa shape index (κ1) is 18.6. The van der Waals surface area contributed by atoms with Gasteiger partial charge in [0, 0.05) is 17.8 Å². The average molecular weight is 362 g/mol. The van der Waals surface area contributed by atoms with E-state index in [1.165, 1.54) is 61.6 Å². The molecule has 2 heterocycles. The highest BCUT2D eigenvalue weighted by molar-refractivity contribution is 6.15. The molecule has 0 radical (unpaired) electrons. The Balaban J connectivity index is 2.52. The fraction of sp³-hybridized carbons (Fsp3) is 0.538. The van der Waals surface area contributed by atoms with Gasteiger partial charge in [0.25, 0.3) is 0 Å². The molecule has 0 saturated heterocycles. The van der Waals surface area contributed by atoms with Gasteiger partial charge in [0.15, 0.2) is 0 Å². The van der Waals surface area contributed by atoms with Crippen LogP contribution in [0.3, 0.4) is 0 Å². The Kier molecular flexibility index (Phi) is 3.57. The van der Waals surface area contributed by atoms with Gasteiger partial charge in [-0.2, -0.15) is 0 Å². The van der Waals surface area contributed by atoms with Gasteiger partial charge < -0.3 is 4.57 Å². The summed E-state index contributed by atoms with van der Waals surface area (Å²) in [6, 6.07) is 0. The molecule has 2 aromatic carbocycles. The van der Waals surface area contributed by atoms with E-state index >= 15 is 0 Å². The first-order valence-corrected chi connectivity index (χ1v) is 10.4. The van der Waals surface area contributed by atoms with E-state index in [2.05, 4.69) is 80.9 Å². The van der Waals surface area contributed by atoms with Crippen molar-refractivity contribution < 1.29 is 0 Å². The molecule has 0 atom stereocenters. The number of rotatable bonds is 0. The summed E-state index contributed by atoms with van der Waals surface area (Å²) < 4.78 is 2.54. The van der Waals surface area contributed by atoms with Crippen LogP contribution in [0.4, 0.5) is 0 Å². The standard InChI is InChI=1S/C26H35N/c1-13-15(3)19-20-16(4)14(2)18(6)22-24(20)27(11)23(19)21(17(13)5)25(7,8)12-26(22,9)10/h12H2,1-11H3. The number of benzene rings is 2. The third-order valence-electron chi connectivity index (χ3n) is 7.86. The summed E-state index contributed by atoms with van der Waals surface area (Å²) >= 11 is 0. The first-order valence-electron chi connectivity index (χ1n) is 10.4. The zero-order valence-corrected chi connectivity index (χ0v) is 19.2. The highest BCUT2D eigenvalue weighted by Gasteiger charge is 2.40. The lowest BCUT2D eigenvalue weighted by Gasteiger charge is -2.40. The first-order chi connectivity index (χ1) is 12.3. The monoisotopic (exact) mass is 361 g/mol. The molecular formula is C26H35N. The SMILES string of the molecule is Cc1c(C)c2c3c(c1C)c1c(C)c(C)c(C)c(c1n3C)C(C)(C)CC2(C)C. The van der Waals surface area contributed by atoms with Crippen LogP contribution >= 0.6 is 0 Å². The van der Waals surface area contributed by atoms with Crippen molar-refractivity contribution in [3.63, 3.8) is 0 Å². The molecule has 1 aliphatic heterocycles. The molecule has 0 amide bonds. The second-order valence-electron chi connectivity index (χ2n) is 10.5. The highest BCUT2D eigenvalue weighted by Crippen LogP contribution is 2.52. The van der Waals surface area contributed by atoms with Crippen LogP contribution in [0.5, 0.6) is 0 Å². The fourth-order valence-corrected chi connectivity index (χ4v) is 6.61. The topological polar surface area (TPSA) is 4.93 Å². The summed E-state index contributed by atoms with van der Waals surface area (Å²) in [6.45, 7) is 23.8. The van der Waals surface area contributed by atoms with Crippen molar-refractivity contribution in [1.82, 2.24) is 4.57 Å². The number of nitrogens with zero attached hydrogens (tertiary/aromatic N) is 1. The molecule has 0 aliphatic carbocycles. The molecule has 1 nitrogen and oxygen atoms in total. The van der Waals surface area contributed by atoms with Gasteiger partial charge >= 0.3 is 0 Å². The maximum absolute atomic E-state index is 2.54. The van der Waals surface area contributed by atoms with Gasteiger partial charge in [-0.25, -0.2) is 0 Å². The lowest BCUT2D eigenvalue weighted by molar-refractivity contribution is 0.347. The molecule has 0 N–H and O–H groups in total. The van der Waals surface area contributed by atoms with E-state index in [9.17, 15) is 0 Å². The van der Waals surface area contributed by atoms with Crippen molar-refractivity contribution >= 4 is 21.8 Å². The molecule has 2 bridgehead atoms. The molecule has 1 heteroatoms. The Morgan fingerprint density at radius 1 is 0.556 bits per heavy atom. The third-order valence-corrected chi connectivity index (χ3v) is 7.86. The number of hydrogen-bond donors (Lipinski definition) is 0. The van der Waals surface area contributed by atoms with Crippen LogP contribution < -0.4 is 0 Å². The van der Waals surface area contributed by atoms with Crippen LogP contribution in [0.2, 0.25) is 0 Å². The summed E-state index contributed by atoms with van der Waals surface area (Å²) in [6.07, 6.45) is 1.17. The minimum Gasteiger partial charge on any atom is -0.343 e. The van der Waals surface area contributed by atoms with Crippen molar-refractivity contribution in [3.8, 4) is 0 Å². The van der Waals surface area contributed by atoms with Crippen LogP contribution in [-0.4, -0.2) is 4.57 Å². The Hall–Kier alpha value is -1.76. The van der Waals surface area contributed by atoms with Gasteiger partial charge in [-0.05, 0) is 103 Å². The van der Waals surface area contributed by atoms with Crippen molar-refractivity contribution in [2.45, 2.75) is 86.5 Å². The van der Waals surface area contributed by atoms with E-state index < -0.39 is 0 Å². The second kappa shape index (κ2) is 5.19. The molecule has 1 aliphatic rings. The van der Waals surface area contributed by atoms with Crippen molar-refractivity contribution in [3.05, 3.63) is 44.5 Å². The van der Waals surface area contributed by atoms with Gasteiger partial charge in [0.2, 0.25) is 0 Å². The minimum atomic E-state index is 0.128. The minimum absolute atomic E-state index is 0.128. The Bertz CT molecular complexity index is 1060. The molecule has 1 aromatic heterocycles. The zero-order valence-electron chi connectivity index (χ0n) is 19.2. The van der Waals surface area contributed by atoms with Crippen LogP contribution in [-0.2, 0) is 17.9 Å². The molecule has 3 aromatic rings. The number of aromatic nitrogens is 1. The summed E-state index contributed by atoms with van der Waals surface area (Å²) in [5.41, 5.74) is 15.2. The lowest BCUT2D eigenvalue weighted by atomic mass is 9.65. The second-order valence-corrected chi connectivity index (χ2v) is 10.5. The molecule has 0 spiro atoms. The quantitative estimate of drug-likeness (QED) is 0.401. The number of fused-ring (bicyclic) bond motifs is 1. The van der Waals surface area contributed by atoms with E-state index in [0.717, 1.165) is 0 Å². The van der Waals surface area contributed by atoms with Crippen molar-refractivity contribution in [2.24, 2.45) is 7.05 Å². The summed E-state index contributed by atoms with van der Waals surface area (Å²) in [7, 11) is 2.30. The maximum atomic E-state index is 2.54. The molecule has 4 rings (SSSR count). The van der Waals surface area contributed by atoms with E-state index in [1.54, 1.807) is 11.1 Å².